The molecule has 0 spiro atoms. The van der Waals surface area contributed by atoms with E-state index in [1.807, 2.05) is 6.07 Å². The van der Waals surface area contributed by atoms with Crippen LogP contribution in [0.2, 0.25) is 0 Å². The lowest BCUT2D eigenvalue weighted by Gasteiger charge is -2.14. The van der Waals surface area contributed by atoms with Gasteiger partial charge in [-0.25, -0.2) is 0 Å². The van der Waals surface area contributed by atoms with Gasteiger partial charge < -0.3 is 5.32 Å². The predicted octanol–water partition coefficient (Wildman–Crippen LogP) is 1.78. The van der Waals surface area contributed by atoms with Gasteiger partial charge in [-0.15, -0.1) is 0 Å². The molecule has 0 saturated heterocycles. The third-order valence-corrected chi connectivity index (χ3v) is 3.46. The van der Waals surface area contributed by atoms with Crippen LogP contribution in [0, 0.1) is 5.92 Å². The van der Waals surface area contributed by atoms with E-state index < -0.39 is 0 Å². The fraction of sp³-hybridized carbons (Fsp3) is 0.385. The maximum absolute atomic E-state index is 11.5. The first-order chi connectivity index (χ1) is 8.15. The van der Waals surface area contributed by atoms with E-state index in [2.05, 4.69) is 17.6 Å². The van der Waals surface area contributed by atoms with Crippen molar-refractivity contribution in [3.8, 4) is 0 Å². The first-order valence-corrected chi connectivity index (χ1v) is 5.91. The molecule has 1 aliphatic carbocycles. The lowest BCUT2D eigenvalue weighted by atomic mass is 10.1. The summed E-state index contributed by atoms with van der Waals surface area (Å²) in [7, 11) is 0. The molecule has 0 aromatic heterocycles. The molecule has 1 aromatic carbocycles. The second-order valence-electron chi connectivity index (χ2n) is 4.81. The van der Waals surface area contributed by atoms with E-state index in [0.29, 0.717) is 17.2 Å². The van der Waals surface area contributed by atoms with Crippen molar-refractivity contribution in [2.24, 2.45) is 5.92 Å². The van der Waals surface area contributed by atoms with Crippen LogP contribution in [0.25, 0.3) is 0 Å². The number of amides is 2. The number of hydrogen-bond acceptors (Lipinski definition) is 3. The Hall–Kier alpha value is -1.84. The van der Waals surface area contributed by atoms with E-state index >= 15 is 0 Å². The number of carbonyl (C=O) groups is 2. The van der Waals surface area contributed by atoms with Crippen LogP contribution in [0.15, 0.2) is 18.2 Å². The molecule has 1 heterocycles. The maximum Gasteiger partial charge on any atom is 0.259 e. The molecule has 4 heteroatoms. The molecule has 1 fully saturated rings. The van der Waals surface area contributed by atoms with Crippen molar-refractivity contribution in [3.05, 3.63) is 29.3 Å². The minimum atomic E-state index is -0.299. The lowest BCUT2D eigenvalue weighted by Crippen LogP contribution is -2.20. The SMILES string of the molecule is CC(Nc1ccc2c(c1)C(=O)NC2=O)C1CC1. The Morgan fingerprint density at radius 2 is 1.94 bits per heavy atom. The number of carbonyl (C=O) groups excluding carboxylic acids is 2. The molecule has 0 bridgehead atoms. The van der Waals surface area contributed by atoms with Gasteiger partial charge in [0.25, 0.3) is 11.8 Å². The fourth-order valence-electron chi connectivity index (χ4n) is 2.23. The summed E-state index contributed by atoms with van der Waals surface area (Å²) in [6.07, 6.45) is 2.55. The molecule has 2 amide bonds. The highest BCUT2D eigenvalue weighted by molar-refractivity contribution is 6.21. The van der Waals surface area contributed by atoms with Crippen LogP contribution < -0.4 is 10.6 Å². The molecular weight excluding hydrogens is 216 g/mol. The normalized spacial score (nSPS) is 19.8. The third-order valence-electron chi connectivity index (χ3n) is 3.46. The van der Waals surface area contributed by atoms with Crippen molar-refractivity contribution in [1.29, 1.82) is 0 Å². The van der Waals surface area contributed by atoms with Crippen molar-refractivity contribution in [2.45, 2.75) is 25.8 Å². The minimum Gasteiger partial charge on any atom is -0.382 e. The Kier molecular flexibility index (Phi) is 2.18. The summed E-state index contributed by atoms with van der Waals surface area (Å²) in [5.74, 6) is 0.151. The van der Waals surface area contributed by atoms with E-state index in [0.717, 1.165) is 11.6 Å². The van der Waals surface area contributed by atoms with Crippen LogP contribution in [-0.4, -0.2) is 17.9 Å². The molecule has 0 radical (unpaired) electrons. The second-order valence-corrected chi connectivity index (χ2v) is 4.81. The molecule has 3 rings (SSSR count). The van der Waals surface area contributed by atoms with Crippen molar-refractivity contribution < 1.29 is 9.59 Å². The van der Waals surface area contributed by atoms with E-state index in [4.69, 9.17) is 0 Å². The first-order valence-electron chi connectivity index (χ1n) is 5.91. The van der Waals surface area contributed by atoms with Gasteiger partial charge in [0, 0.05) is 11.7 Å². The van der Waals surface area contributed by atoms with E-state index in [-0.39, 0.29) is 11.8 Å². The summed E-state index contributed by atoms with van der Waals surface area (Å²) in [6, 6.07) is 5.75. The van der Waals surface area contributed by atoms with E-state index in [1.54, 1.807) is 12.1 Å². The van der Waals surface area contributed by atoms with Crippen LogP contribution in [0.1, 0.15) is 40.5 Å². The van der Waals surface area contributed by atoms with Crippen molar-refractivity contribution >= 4 is 17.5 Å². The van der Waals surface area contributed by atoms with Crippen LogP contribution in [0.3, 0.4) is 0 Å². The van der Waals surface area contributed by atoms with Gasteiger partial charge in [0.1, 0.15) is 0 Å². The maximum atomic E-state index is 11.5. The van der Waals surface area contributed by atoms with Crippen LogP contribution >= 0.6 is 0 Å². The number of imide groups is 1. The summed E-state index contributed by atoms with van der Waals surface area (Å²) in [6.45, 7) is 2.15. The Labute approximate surface area is 99.4 Å². The zero-order valence-corrected chi connectivity index (χ0v) is 9.62. The molecule has 17 heavy (non-hydrogen) atoms. The molecule has 2 N–H and O–H groups in total. The van der Waals surface area contributed by atoms with E-state index in [9.17, 15) is 9.59 Å². The van der Waals surface area contributed by atoms with Crippen molar-refractivity contribution in [1.82, 2.24) is 5.32 Å². The first kappa shape index (κ1) is 10.3. The van der Waals surface area contributed by atoms with Crippen LogP contribution in [0.4, 0.5) is 5.69 Å². The topological polar surface area (TPSA) is 58.2 Å². The van der Waals surface area contributed by atoms with Gasteiger partial charge in [0.15, 0.2) is 0 Å². The number of nitrogens with one attached hydrogen (secondary N) is 2. The molecular formula is C13H14N2O2. The molecule has 88 valence electrons. The average molecular weight is 230 g/mol. The quantitative estimate of drug-likeness (QED) is 0.778. The van der Waals surface area contributed by atoms with Crippen LogP contribution in [0.5, 0.6) is 0 Å². The molecule has 1 aromatic rings. The summed E-state index contributed by atoms with van der Waals surface area (Å²) < 4.78 is 0. The number of benzene rings is 1. The van der Waals surface area contributed by atoms with Gasteiger partial charge >= 0.3 is 0 Å². The lowest BCUT2D eigenvalue weighted by molar-refractivity contribution is 0.0879. The molecule has 1 saturated carbocycles. The van der Waals surface area contributed by atoms with Crippen LogP contribution in [-0.2, 0) is 0 Å². The number of rotatable bonds is 3. The predicted molar refractivity (Wildman–Crippen MR) is 64.0 cm³/mol. The molecule has 1 unspecified atom stereocenters. The molecule has 1 aliphatic heterocycles. The van der Waals surface area contributed by atoms with Gasteiger partial charge in [0.05, 0.1) is 11.1 Å². The molecule has 4 nitrogen and oxygen atoms in total. The van der Waals surface area contributed by atoms with Gasteiger partial charge in [-0.05, 0) is 43.9 Å². The largest absolute Gasteiger partial charge is 0.382 e. The van der Waals surface area contributed by atoms with Crippen molar-refractivity contribution in [2.75, 3.05) is 5.32 Å². The summed E-state index contributed by atoms with van der Waals surface area (Å²) in [5.41, 5.74) is 1.86. The van der Waals surface area contributed by atoms with Gasteiger partial charge in [-0.2, -0.15) is 0 Å². The van der Waals surface area contributed by atoms with Crippen molar-refractivity contribution in [3.63, 3.8) is 0 Å². The number of anilines is 1. The third kappa shape index (κ3) is 1.79. The Bertz CT molecular complexity index is 506. The van der Waals surface area contributed by atoms with Gasteiger partial charge in [0.2, 0.25) is 0 Å². The minimum absolute atomic E-state index is 0.298. The Morgan fingerprint density at radius 1 is 1.24 bits per heavy atom. The summed E-state index contributed by atoms with van der Waals surface area (Å²) in [5, 5.41) is 5.67. The smallest absolute Gasteiger partial charge is 0.259 e. The Balaban J connectivity index is 1.85. The Morgan fingerprint density at radius 3 is 2.65 bits per heavy atom. The fourth-order valence-corrected chi connectivity index (χ4v) is 2.23. The summed E-state index contributed by atoms with van der Waals surface area (Å²) in [4.78, 5) is 22.9. The zero-order chi connectivity index (χ0) is 12.0. The average Bonchev–Trinajstić information content (AvgIpc) is 3.08. The zero-order valence-electron chi connectivity index (χ0n) is 9.62. The molecule has 1 atom stereocenters. The summed E-state index contributed by atoms with van der Waals surface area (Å²) >= 11 is 0. The monoisotopic (exact) mass is 230 g/mol. The second kappa shape index (κ2) is 3.58. The number of fused-ring (bicyclic) bond motifs is 1. The highest BCUT2D eigenvalue weighted by Gasteiger charge is 2.29. The highest BCUT2D eigenvalue weighted by atomic mass is 16.2. The van der Waals surface area contributed by atoms with E-state index in [1.165, 1.54) is 12.8 Å². The highest BCUT2D eigenvalue weighted by Crippen LogP contribution is 2.34. The van der Waals surface area contributed by atoms with Gasteiger partial charge in [-0.3, -0.25) is 14.9 Å². The van der Waals surface area contributed by atoms with Gasteiger partial charge in [-0.1, -0.05) is 0 Å². The standard InChI is InChI=1S/C13H14N2O2/c1-7(8-2-3-8)14-9-4-5-10-11(6-9)13(17)15-12(10)16/h4-8,14H,2-3H2,1H3,(H,15,16,17). The number of hydrogen-bond donors (Lipinski definition) is 2. The molecule has 2 aliphatic rings.